The average Bonchev–Trinajstić information content (AvgIpc) is 2.60. The fraction of sp³-hybridized carbons (Fsp3) is 0.471. The number of benzene rings is 1. The van der Waals surface area contributed by atoms with Gasteiger partial charge in [-0.1, -0.05) is 18.2 Å². The third kappa shape index (κ3) is 3.17. The number of nitrogens with zero attached hydrogens (tertiary/aromatic N) is 3. The molecule has 4 nitrogen and oxygen atoms in total. The number of fused-ring (bicyclic) bond motifs is 1. The zero-order valence-corrected chi connectivity index (χ0v) is 12.9. The van der Waals surface area contributed by atoms with Crippen LogP contribution in [0, 0.1) is 0 Å². The summed E-state index contributed by atoms with van der Waals surface area (Å²) in [6.07, 6.45) is 1.21. The lowest BCUT2D eigenvalue weighted by atomic mass is 10.1. The Kier molecular flexibility index (Phi) is 4.08. The number of hydrogen-bond donors (Lipinski definition) is 1. The van der Waals surface area contributed by atoms with E-state index in [1.165, 1.54) is 13.0 Å². The second kappa shape index (κ2) is 6.00. The van der Waals surface area contributed by atoms with Crippen molar-refractivity contribution in [2.45, 2.75) is 25.9 Å². The Morgan fingerprint density at radius 3 is 2.95 bits per heavy atom. The van der Waals surface area contributed by atoms with Crippen LogP contribution in [0.3, 0.4) is 0 Å². The van der Waals surface area contributed by atoms with E-state index in [0.717, 1.165) is 41.9 Å². The molecule has 1 fully saturated rings. The van der Waals surface area contributed by atoms with Crippen LogP contribution in [0.2, 0.25) is 0 Å². The molecule has 1 saturated heterocycles. The quantitative estimate of drug-likeness (QED) is 0.919. The smallest absolute Gasteiger partial charge is 0.0726 e. The molecule has 0 spiro atoms. The fourth-order valence-electron chi connectivity index (χ4n) is 3.21. The number of para-hydroxylation sites is 1. The summed E-state index contributed by atoms with van der Waals surface area (Å²) in [4.78, 5) is 9.70. The van der Waals surface area contributed by atoms with E-state index in [1.807, 2.05) is 30.3 Å². The molecule has 1 aliphatic heterocycles. The first-order chi connectivity index (χ1) is 10.1. The first-order valence-corrected chi connectivity index (χ1v) is 7.70. The Bertz CT molecular complexity index is 625. The van der Waals surface area contributed by atoms with Crippen LogP contribution in [-0.2, 0) is 6.54 Å². The molecule has 4 heteroatoms. The molecule has 0 aliphatic carbocycles. The van der Waals surface area contributed by atoms with Gasteiger partial charge in [0.25, 0.3) is 0 Å². The Hall–Kier alpha value is -1.65. The van der Waals surface area contributed by atoms with Gasteiger partial charge in [-0.3, -0.25) is 9.88 Å². The van der Waals surface area contributed by atoms with Crippen LogP contribution >= 0.6 is 0 Å². The molecule has 0 amide bonds. The molecule has 1 unspecified atom stereocenters. The molecular weight excluding hydrogens is 260 g/mol. The molecule has 1 aromatic carbocycles. The van der Waals surface area contributed by atoms with Crippen molar-refractivity contribution < 1.29 is 0 Å². The molecule has 2 N–H and O–H groups in total. The lowest BCUT2D eigenvalue weighted by Gasteiger charge is -2.27. The van der Waals surface area contributed by atoms with Gasteiger partial charge in [-0.25, -0.2) is 0 Å². The Morgan fingerprint density at radius 1 is 1.29 bits per heavy atom. The Labute approximate surface area is 126 Å². The summed E-state index contributed by atoms with van der Waals surface area (Å²) in [6.45, 7) is 6.59. The van der Waals surface area contributed by atoms with Crippen LogP contribution in [0.5, 0.6) is 0 Å². The van der Waals surface area contributed by atoms with Crippen molar-refractivity contribution in [1.82, 2.24) is 14.8 Å². The van der Waals surface area contributed by atoms with Crippen LogP contribution in [-0.4, -0.2) is 47.5 Å². The van der Waals surface area contributed by atoms with Crippen LogP contribution in [0.15, 0.2) is 30.3 Å². The lowest BCUT2D eigenvalue weighted by Crippen LogP contribution is -2.37. The van der Waals surface area contributed by atoms with Crippen LogP contribution in [0.1, 0.15) is 19.0 Å². The highest BCUT2D eigenvalue weighted by Crippen LogP contribution is 2.21. The van der Waals surface area contributed by atoms with E-state index in [9.17, 15) is 0 Å². The van der Waals surface area contributed by atoms with E-state index in [1.54, 1.807) is 0 Å². The van der Waals surface area contributed by atoms with Gasteiger partial charge >= 0.3 is 0 Å². The van der Waals surface area contributed by atoms with E-state index < -0.39 is 0 Å². The number of nitrogens with two attached hydrogens (primary N) is 1. The van der Waals surface area contributed by atoms with Gasteiger partial charge in [-0.2, -0.15) is 0 Å². The number of anilines is 1. The van der Waals surface area contributed by atoms with Crippen molar-refractivity contribution >= 4 is 16.6 Å². The molecule has 1 aromatic heterocycles. The predicted molar refractivity (Wildman–Crippen MR) is 88.1 cm³/mol. The van der Waals surface area contributed by atoms with Crippen molar-refractivity contribution in [1.29, 1.82) is 0 Å². The molecule has 1 atom stereocenters. The second-order valence-corrected chi connectivity index (χ2v) is 6.16. The summed E-state index contributed by atoms with van der Waals surface area (Å²) in [6, 6.07) is 10.7. The topological polar surface area (TPSA) is 45.4 Å². The molecule has 0 radical (unpaired) electrons. The van der Waals surface area contributed by atoms with Gasteiger partial charge in [0.15, 0.2) is 0 Å². The maximum Gasteiger partial charge on any atom is 0.0726 e. The van der Waals surface area contributed by atoms with Gasteiger partial charge in [0.05, 0.1) is 11.2 Å². The second-order valence-electron chi connectivity index (χ2n) is 6.16. The van der Waals surface area contributed by atoms with Gasteiger partial charge in [0.1, 0.15) is 0 Å². The summed E-state index contributed by atoms with van der Waals surface area (Å²) in [5.74, 6) is 0. The summed E-state index contributed by atoms with van der Waals surface area (Å²) in [5, 5.41) is 1.05. The normalized spacial score (nSPS) is 21.5. The first kappa shape index (κ1) is 14.3. The van der Waals surface area contributed by atoms with E-state index in [-0.39, 0.29) is 0 Å². The molecule has 0 saturated carbocycles. The monoisotopic (exact) mass is 284 g/mol. The zero-order valence-electron chi connectivity index (χ0n) is 12.9. The van der Waals surface area contributed by atoms with Crippen LogP contribution in [0.25, 0.3) is 10.9 Å². The third-order valence-corrected chi connectivity index (χ3v) is 4.35. The van der Waals surface area contributed by atoms with Gasteiger partial charge in [-0.15, -0.1) is 0 Å². The number of aromatic nitrogens is 1. The molecule has 3 rings (SSSR count). The number of nitrogen functional groups attached to an aromatic ring is 1. The molecule has 1 aliphatic rings. The van der Waals surface area contributed by atoms with Crippen LogP contribution < -0.4 is 5.73 Å². The highest BCUT2D eigenvalue weighted by Gasteiger charge is 2.20. The van der Waals surface area contributed by atoms with Crippen molar-refractivity contribution in [2.75, 3.05) is 32.4 Å². The maximum absolute atomic E-state index is 6.18. The standard InChI is InChI=1S/C17H24N4/c1-13-11-20(2)8-5-9-21(13)12-14-10-16(18)15-6-3-4-7-17(15)19-14/h3-4,6-7,10,13H,5,8-9,11-12H2,1-2H3,(H2,18,19). The average molecular weight is 284 g/mol. The zero-order chi connectivity index (χ0) is 14.8. The predicted octanol–water partition coefficient (Wildman–Crippen LogP) is 2.34. The molecule has 2 aromatic rings. The van der Waals surface area contributed by atoms with E-state index in [2.05, 4.69) is 23.8 Å². The van der Waals surface area contributed by atoms with Gasteiger partial charge < -0.3 is 10.6 Å². The molecule has 2 heterocycles. The van der Waals surface area contributed by atoms with E-state index >= 15 is 0 Å². The first-order valence-electron chi connectivity index (χ1n) is 7.70. The van der Waals surface area contributed by atoms with E-state index in [0.29, 0.717) is 6.04 Å². The van der Waals surface area contributed by atoms with Gasteiger partial charge in [-0.05, 0) is 39.1 Å². The summed E-state index contributed by atoms with van der Waals surface area (Å²) < 4.78 is 0. The molecule has 0 bridgehead atoms. The number of pyridine rings is 1. The van der Waals surface area contributed by atoms with E-state index in [4.69, 9.17) is 10.7 Å². The van der Waals surface area contributed by atoms with Crippen molar-refractivity contribution in [3.05, 3.63) is 36.0 Å². The number of hydrogen-bond acceptors (Lipinski definition) is 4. The minimum absolute atomic E-state index is 0.548. The number of rotatable bonds is 2. The van der Waals surface area contributed by atoms with Gasteiger partial charge in [0, 0.05) is 36.7 Å². The summed E-state index contributed by atoms with van der Waals surface area (Å²) in [5.41, 5.74) is 9.08. The Balaban J connectivity index is 1.84. The highest BCUT2D eigenvalue weighted by molar-refractivity contribution is 5.90. The fourth-order valence-corrected chi connectivity index (χ4v) is 3.21. The van der Waals surface area contributed by atoms with Crippen LogP contribution in [0.4, 0.5) is 5.69 Å². The maximum atomic E-state index is 6.18. The SMILES string of the molecule is CC1CN(C)CCCN1Cc1cc(N)c2ccccc2n1. The minimum atomic E-state index is 0.548. The van der Waals surface area contributed by atoms with Crippen molar-refractivity contribution in [3.8, 4) is 0 Å². The number of likely N-dealkylation sites (N-methyl/N-ethyl adjacent to an activating group) is 1. The van der Waals surface area contributed by atoms with Crippen molar-refractivity contribution in [3.63, 3.8) is 0 Å². The lowest BCUT2D eigenvalue weighted by molar-refractivity contribution is 0.193. The molecular formula is C17H24N4. The van der Waals surface area contributed by atoms with Gasteiger partial charge in [0.2, 0.25) is 0 Å². The molecule has 21 heavy (non-hydrogen) atoms. The minimum Gasteiger partial charge on any atom is -0.398 e. The van der Waals surface area contributed by atoms with Crippen molar-refractivity contribution in [2.24, 2.45) is 0 Å². The largest absolute Gasteiger partial charge is 0.398 e. The summed E-state index contributed by atoms with van der Waals surface area (Å²) in [7, 11) is 2.20. The molecule has 112 valence electrons. The third-order valence-electron chi connectivity index (χ3n) is 4.35. The summed E-state index contributed by atoms with van der Waals surface area (Å²) >= 11 is 0. The highest BCUT2D eigenvalue weighted by atomic mass is 15.2. The Morgan fingerprint density at radius 2 is 2.10 bits per heavy atom.